The van der Waals surface area contributed by atoms with Crippen LogP contribution < -0.4 is 5.32 Å². The van der Waals surface area contributed by atoms with Crippen molar-refractivity contribution in [1.82, 2.24) is 10.2 Å². The fraction of sp³-hybridized carbons (Fsp3) is 0.833. The molecular formula is C12H26N2. The molecule has 0 atom stereocenters. The van der Waals surface area contributed by atoms with E-state index in [1.54, 1.807) is 0 Å². The molecule has 0 bridgehead atoms. The fourth-order valence-electron chi connectivity index (χ4n) is 1.60. The summed E-state index contributed by atoms with van der Waals surface area (Å²) in [5, 5.41) is 3.34. The standard InChI is InChI=1S/C12H26N2/c1-7-12(6)13-8-9-14(10(2)3)11(4)5/h10-11,13H,6-9H2,1-5H3. The van der Waals surface area contributed by atoms with Crippen LogP contribution in [0.3, 0.4) is 0 Å². The summed E-state index contributed by atoms with van der Waals surface area (Å²) in [6.45, 7) is 17.1. The number of allylic oxidation sites excluding steroid dienone is 1. The van der Waals surface area contributed by atoms with Gasteiger partial charge in [-0.15, -0.1) is 0 Å². The number of hydrogen-bond acceptors (Lipinski definition) is 2. The topological polar surface area (TPSA) is 15.3 Å². The molecule has 84 valence electrons. The minimum atomic E-state index is 0.617. The molecule has 0 fully saturated rings. The van der Waals surface area contributed by atoms with Crippen molar-refractivity contribution < 1.29 is 0 Å². The Morgan fingerprint density at radius 1 is 1.21 bits per heavy atom. The van der Waals surface area contributed by atoms with Gasteiger partial charge < -0.3 is 5.32 Å². The minimum absolute atomic E-state index is 0.617. The summed E-state index contributed by atoms with van der Waals surface area (Å²) in [5.74, 6) is 0. The maximum Gasteiger partial charge on any atom is 0.0271 e. The summed E-state index contributed by atoms with van der Waals surface area (Å²) in [4.78, 5) is 2.48. The summed E-state index contributed by atoms with van der Waals surface area (Å²) < 4.78 is 0. The summed E-state index contributed by atoms with van der Waals surface area (Å²) in [6, 6.07) is 1.23. The first-order valence-corrected chi connectivity index (χ1v) is 5.66. The summed E-state index contributed by atoms with van der Waals surface area (Å²) in [7, 11) is 0. The van der Waals surface area contributed by atoms with Crippen LogP contribution in [-0.2, 0) is 0 Å². The van der Waals surface area contributed by atoms with Crippen molar-refractivity contribution in [2.24, 2.45) is 0 Å². The lowest BCUT2D eigenvalue weighted by atomic mass is 10.2. The minimum Gasteiger partial charge on any atom is -0.388 e. The molecule has 0 aliphatic heterocycles. The Morgan fingerprint density at radius 3 is 2.07 bits per heavy atom. The predicted molar refractivity (Wildman–Crippen MR) is 64.4 cm³/mol. The Balaban J connectivity index is 3.78. The number of nitrogens with one attached hydrogen (secondary N) is 1. The Bertz CT molecular complexity index is 154. The molecule has 2 heteroatoms. The maximum atomic E-state index is 3.93. The smallest absolute Gasteiger partial charge is 0.0271 e. The lowest BCUT2D eigenvalue weighted by Crippen LogP contribution is -2.41. The highest BCUT2D eigenvalue weighted by Crippen LogP contribution is 2.03. The van der Waals surface area contributed by atoms with Gasteiger partial charge in [-0.05, 0) is 34.1 Å². The van der Waals surface area contributed by atoms with Crippen LogP contribution in [0, 0.1) is 0 Å². The molecule has 14 heavy (non-hydrogen) atoms. The summed E-state index contributed by atoms with van der Waals surface area (Å²) in [6.07, 6.45) is 1.02. The van der Waals surface area contributed by atoms with Crippen molar-refractivity contribution in [2.75, 3.05) is 13.1 Å². The van der Waals surface area contributed by atoms with Crippen LogP contribution in [0.25, 0.3) is 0 Å². The van der Waals surface area contributed by atoms with Gasteiger partial charge in [0.15, 0.2) is 0 Å². The summed E-state index contributed by atoms with van der Waals surface area (Å²) >= 11 is 0. The van der Waals surface area contributed by atoms with Crippen LogP contribution in [-0.4, -0.2) is 30.1 Å². The molecule has 0 saturated carbocycles. The van der Waals surface area contributed by atoms with E-state index in [0.29, 0.717) is 12.1 Å². The Kier molecular flexibility index (Phi) is 6.64. The third kappa shape index (κ3) is 5.28. The van der Waals surface area contributed by atoms with E-state index in [1.165, 1.54) is 0 Å². The first kappa shape index (κ1) is 13.5. The second-order valence-corrected chi connectivity index (χ2v) is 4.31. The number of hydrogen-bond donors (Lipinski definition) is 1. The van der Waals surface area contributed by atoms with Crippen LogP contribution in [0.5, 0.6) is 0 Å². The highest BCUT2D eigenvalue weighted by molar-refractivity contribution is 4.89. The average molecular weight is 198 g/mol. The lowest BCUT2D eigenvalue weighted by Gasteiger charge is -2.30. The highest BCUT2D eigenvalue weighted by atomic mass is 15.2. The molecule has 0 amide bonds. The molecular weight excluding hydrogens is 172 g/mol. The van der Waals surface area contributed by atoms with Gasteiger partial charge in [0, 0.05) is 30.9 Å². The molecule has 0 radical (unpaired) electrons. The molecule has 0 rings (SSSR count). The zero-order chi connectivity index (χ0) is 11.1. The molecule has 0 aliphatic rings. The van der Waals surface area contributed by atoms with Crippen molar-refractivity contribution in [2.45, 2.75) is 53.1 Å². The van der Waals surface area contributed by atoms with Crippen LogP contribution in [0.4, 0.5) is 0 Å². The van der Waals surface area contributed by atoms with E-state index in [4.69, 9.17) is 0 Å². The molecule has 2 nitrogen and oxygen atoms in total. The van der Waals surface area contributed by atoms with Gasteiger partial charge >= 0.3 is 0 Å². The molecule has 0 aromatic rings. The van der Waals surface area contributed by atoms with Crippen molar-refractivity contribution in [3.63, 3.8) is 0 Å². The molecule has 0 aliphatic carbocycles. The van der Waals surface area contributed by atoms with Crippen LogP contribution in [0.2, 0.25) is 0 Å². The fourth-order valence-corrected chi connectivity index (χ4v) is 1.60. The Labute approximate surface area is 89.4 Å². The van der Waals surface area contributed by atoms with Crippen molar-refractivity contribution in [3.05, 3.63) is 12.3 Å². The van der Waals surface area contributed by atoms with Crippen LogP contribution >= 0.6 is 0 Å². The van der Waals surface area contributed by atoms with Gasteiger partial charge in [-0.3, -0.25) is 4.90 Å². The number of nitrogens with zero attached hydrogens (tertiary/aromatic N) is 1. The van der Waals surface area contributed by atoms with Crippen molar-refractivity contribution in [3.8, 4) is 0 Å². The first-order chi connectivity index (χ1) is 6.49. The molecule has 1 N–H and O–H groups in total. The van der Waals surface area contributed by atoms with Crippen molar-refractivity contribution in [1.29, 1.82) is 0 Å². The molecule has 0 heterocycles. The predicted octanol–water partition coefficient (Wildman–Crippen LogP) is 2.62. The van der Waals surface area contributed by atoms with E-state index in [9.17, 15) is 0 Å². The highest BCUT2D eigenvalue weighted by Gasteiger charge is 2.11. The average Bonchev–Trinajstić information content (AvgIpc) is 2.10. The molecule has 0 spiro atoms. The van der Waals surface area contributed by atoms with E-state index in [2.05, 4.69) is 51.4 Å². The van der Waals surface area contributed by atoms with Crippen LogP contribution in [0.1, 0.15) is 41.0 Å². The number of rotatable bonds is 7. The van der Waals surface area contributed by atoms with Gasteiger partial charge in [-0.1, -0.05) is 13.5 Å². The lowest BCUT2D eigenvalue weighted by molar-refractivity contribution is 0.177. The maximum absolute atomic E-state index is 3.93. The Morgan fingerprint density at radius 2 is 1.71 bits per heavy atom. The normalized spacial score (nSPS) is 11.4. The molecule has 0 aromatic carbocycles. The van der Waals surface area contributed by atoms with Gasteiger partial charge in [0.2, 0.25) is 0 Å². The molecule has 0 unspecified atom stereocenters. The zero-order valence-electron chi connectivity index (χ0n) is 10.4. The summed E-state index contributed by atoms with van der Waals surface area (Å²) in [5.41, 5.74) is 1.14. The van der Waals surface area contributed by atoms with Gasteiger partial charge in [0.25, 0.3) is 0 Å². The largest absolute Gasteiger partial charge is 0.388 e. The Hall–Kier alpha value is -0.500. The van der Waals surface area contributed by atoms with E-state index in [1.807, 2.05) is 0 Å². The van der Waals surface area contributed by atoms with E-state index >= 15 is 0 Å². The van der Waals surface area contributed by atoms with Gasteiger partial charge in [0.05, 0.1) is 0 Å². The third-order valence-electron chi connectivity index (χ3n) is 2.50. The first-order valence-electron chi connectivity index (χ1n) is 5.66. The SMILES string of the molecule is C=C(CC)NCCN(C(C)C)C(C)C. The molecule has 0 aromatic heterocycles. The quantitative estimate of drug-likeness (QED) is 0.676. The van der Waals surface area contributed by atoms with Gasteiger partial charge in [-0.25, -0.2) is 0 Å². The van der Waals surface area contributed by atoms with Crippen LogP contribution in [0.15, 0.2) is 12.3 Å². The monoisotopic (exact) mass is 198 g/mol. The van der Waals surface area contributed by atoms with Gasteiger partial charge in [-0.2, -0.15) is 0 Å². The zero-order valence-corrected chi connectivity index (χ0v) is 10.4. The van der Waals surface area contributed by atoms with E-state index in [0.717, 1.165) is 25.2 Å². The second-order valence-electron chi connectivity index (χ2n) is 4.31. The van der Waals surface area contributed by atoms with Crippen molar-refractivity contribution >= 4 is 0 Å². The third-order valence-corrected chi connectivity index (χ3v) is 2.50. The van der Waals surface area contributed by atoms with Gasteiger partial charge in [0.1, 0.15) is 0 Å². The second kappa shape index (κ2) is 6.88. The van der Waals surface area contributed by atoms with E-state index < -0.39 is 0 Å². The van der Waals surface area contributed by atoms with E-state index in [-0.39, 0.29) is 0 Å². The molecule has 0 saturated heterocycles.